The van der Waals surface area contributed by atoms with Crippen molar-refractivity contribution in [3.63, 3.8) is 0 Å². The number of nitrogens with zero attached hydrogens (tertiary/aromatic N) is 2. The van der Waals surface area contributed by atoms with E-state index in [2.05, 4.69) is 10.2 Å². The molecule has 0 atom stereocenters. The molecule has 29 heavy (non-hydrogen) atoms. The Bertz CT molecular complexity index is 1130. The van der Waals surface area contributed by atoms with Crippen molar-refractivity contribution in [1.82, 2.24) is 0 Å². The number of azo groups is 1. The second-order valence-electron chi connectivity index (χ2n) is 5.04. The second kappa shape index (κ2) is 11.1. The van der Waals surface area contributed by atoms with E-state index in [0.717, 1.165) is 17.5 Å². The molecular weight excluding hydrogens is 468 g/mol. The fraction of sp³-hybridized carbons (Fsp3) is 0. The molecule has 0 heterocycles. The summed E-state index contributed by atoms with van der Waals surface area (Å²) in [5.74, 6) is -1.55. The van der Waals surface area contributed by atoms with Gasteiger partial charge in [0.15, 0.2) is 0 Å². The minimum atomic E-state index is -5.01. The Morgan fingerprint density at radius 2 is 1.52 bits per heavy atom. The minimum absolute atomic E-state index is 0. The first-order chi connectivity index (χ1) is 11.8. The number of benzene rings is 3. The van der Waals surface area contributed by atoms with Gasteiger partial charge in [-0.05, 0) is 17.5 Å². The molecule has 13 heteroatoms. The van der Waals surface area contributed by atoms with Crippen molar-refractivity contribution in [2.24, 2.45) is 10.2 Å². The molecule has 1 radical (unpaired) electrons. The van der Waals surface area contributed by atoms with Crippen LogP contribution in [0, 0.1) is 0 Å². The predicted octanol–water partition coefficient (Wildman–Crippen LogP) is 0.483. The molecule has 0 aliphatic heterocycles. The van der Waals surface area contributed by atoms with Crippen LogP contribution in [0.15, 0.2) is 63.7 Å². The van der Waals surface area contributed by atoms with Gasteiger partial charge in [-0.2, -0.15) is 10.2 Å². The van der Waals surface area contributed by atoms with E-state index in [4.69, 9.17) is 11.6 Å². The van der Waals surface area contributed by atoms with E-state index in [-0.39, 0.29) is 44.5 Å². The summed E-state index contributed by atoms with van der Waals surface area (Å²) in [5, 5.41) is 32.6. The number of rotatable bonds is 3. The van der Waals surface area contributed by atoms with Crippen LogP contribution in [0.1, 0.15) is 0 Å². The Morgan fingerprint density at radius 1 is 0.897 bits per heavy atom. The van der Waals surface area contributed by atoms with Gasteiger partial charge in [0.1, 0.15) is 10.1 Å². The van der Waals surface area contributed by atoms with Gasteiger partial charge in [-0.15, -0.1) is 0 Å². The number of hydrogen-bond donors (Lipinski definition) is 0. The number of halogens is 1. The molecule has 0 fully saturated rings. The zero-order chi connectivity index (χ0) is 18.2. The Hall–Kier alpha value is -2.27. The summed E-state index contributed by atoms with van der Waals surface area (Å²) in [5.41, 5.74) is -0.460. The number of fused-ring (bicyclic) bond motifs is 1. The number of hydrogen-bond acceptors (Lipinski definition) is 7. The third-order valence-electron chi connectivity index (χ3n) is 3.39. The van der Waals surface area contributed by atoms with Gasteiger partial charge >= 0.3 is 17.4 Å². The monoisotopic (exact) mass is 481 g/mol. The van der Waals surface area contributed by atoms with Crippen LogP contribution in [0.5, 0.6) is 11.5 Å². The van der Waals surface area contributed by atoms with Gasteiger partial charge in [0.25, 0.3) is 0 Å². The maximum absolute atomic E-state index is 12.1. The Balaban J connectivity index is 0. The van der Waals surface area contributed by atoms with E-state index in [1.54, 1.807) is 30.3 Å². The topological polar surface area (TPSA) is 223 Å². The van der Waals surface area contributed by atoms with E-state index in [1.807, 2.05) is 0 Å². The second-order valence-corrected chi connectivity index (χ2v) is 6.82. The van der Waals surface area contributed by atoms with Crippen molar-refractivity contribution in [3.8, 4) is 11.5 Å². The molecule has 3 aromatic carbocycles. The normalized spacial score (nSPS) is 10.4. The smallest absolute Gasteiger partial charge is 0.871 e. The summed E-state index contributed by atoms with van der Waals surface area (Å²) >= 11 is 5.73. The Morgan fingerprint density at radius 3 is 2.14 bits per heavy atom. The molecule has 0 saturated heterocycles. The summed E-state index contributed by atoms with van der Waals surface area (Å²) in [7, 11) is -5.01. The molecule has 10 nitrogen and oxygen atoms in total. The molecule has 3 rings (SSSR count). The van der Waals surface area contributed by atoms with Crippen molar-refractivity contribution < 1.29 is 57.0 Å². The van der Waals surface area contributed by atoms with Crippen LogP contribution in [-0.2, 0) is 27.5 Å². The van der Waals surface area contributed by atoms with Gasteiger partial charge in [-0.25, -0.2) is 8.42 Å². The fourth-order valence-electron chi connectivity index (χ4n) is 2.26. The van der Waals surface area contributed by atoms with Crippen LogP contribution < -0.4 is 10.2 Å². The summed E-state index contributed by atoms with van der Waals surface area (Å²) in [4.78, 5) is -1.02. The first kappa shape index (κ1) is 28.9. The van der Waals surface area contributed by atoms with Gasteiger partial charge in [0.2, 0.25) is 0 Å². The van der Waals surface area contributed by atoms with Gasteiger partial charge in [0, 0.05) is 10.4 Å². The van der Waals surface area contributed by atoms with Crippen LogP contribution >= 0.6 is 11.6 Å². The van der Waals surface area contributed by atoms with E-state index in [1.165, 1.54) is 6.07 Å². The quantitative estimate of drug-likeness (QED) is 0.383. The van der Waals surface area contributed by atoms with Crippen LogP contribution in [-0.4, -0.2) is 29.4 Å². The maximum atomic E-state index is 12.1. The third kappa shape index (κ3) is 6.10. The van der Waals surface area contributed by atoms with Crippen molar-refractivity contribution in [2.75, 3.05) is 0 Å². The molecule has 155 valence electrons. The van der Waals surface area contributed by atoms with Crippen molar-refractivity contribution in [3.05, 3.63) is 53.6 Å². The van der Waals surface area contributed by atoms with Crippen molar-refractivity contribution >= 4 is 43.9 Å². The van der Waals surface area contributed by atoms with Gasteiger partial charge in [-0.3, -0.25) is 0 Å². The molecule has 0 aromatic heterocycles. The summed E-state index contributed by atoms with van der Waals surface area (Å²) in [6.07, 6.45) is 0. The summed E-state index contributed by atoms with van der Waals surface area (Å²) in [6.45, 7) is 0. The average Bonchev–Trinajstić information content (AvgIpc) is 2.55. The van der Waals surface area contributed by atoms with Crippen molar-refractivity contribution in [1.29, 1.82) is 0 Å². The molecule has 0 bridgehead atoms. The van der Waals surface area contributed by atoms with Gasteiger partial charge in [-0.1, -0.05) is 59.5 Å². The first-order valence-electron chi connectivity index (χ1n) is 6.84. The zero-order valence-electron chi connectivity index (χ0n) is 14.2. The van der Waals surface area contributed by atoms with Crippen LogP contribution in [0.3, 0.4) is 0 Å². The minimum Gasteiger partial charge on any atom is -0.871 e. The average molecular weight is 482 g/mol. The van der Waals surface area contributed by atoms with E-state index >= 15 is 0 Å². The molecule has 0 saturated carbocycles. The SMILES string of the molecule is O.O.O.O=S(=O)([O-])c1cc(Cl)cc(N=Nc2c([O-])ccc3ccccc23)c1[O-].[Cr+3]. The van der Waals surface area contributed by atoms with Crippen LogP contribution in [0.2, 0.25) is 5.02 Å². The van der Waals surface area contributed by atoms with Crippen LogP contribution in [0.4, 0.5) is 11.4 Å². The van der Waals surface area contributed by atoms with Gasteiger partial charge < -0.3 is 31.2 Å². The molecule has 3 aromatic rings. The van der Waals surface area contributed by atoms with Crippen LogP contribution in [0.25, 0.3) is 10.8 Å². The predicted molar refractivity (Wildman–Crippen MR) is 97.3 cm³/mol. The largest absolute Gasteiger partial charge is 3.00 e. The van der Waals surface area contributed by atoms with E-state index in [9.17, 15) is 23.2 Å². The summed E-state index contributed by atoms with van der Waals surface area (Å²) < 4.78 is 33.4. The first-order valence-corrected chi connectivity index (χ1v) is 8.63. The van der Waals surface area contributed by atoms with E-state index < -0.39 is 32.2 Å². The standard InChI is InChI=1S/C16H11ClN2O5S.Cr.3H2O/c17-10-7-12(16(21)14(8-10)25(22,23)24)18-19-15-11-4-2-1-3-9(11)5-6-13(15)20;;;;/h1-8,20-21H,(H,22,23,24);;3*1H2/q;+3;;;/p-3. The summed E-state index contributed by atoms with van der Waals surface area (Å²) in [6, 6.07) is 11.7. The molecule has 0 amide bonds. The maximum Gasteiger partial charge on any atom is 3.00 e. The van der Waals surface area contributed by atoms with Gasteiger partial charge in [0.05, 0.1) is 16.3 Å². The fourth-order valence-corrected chi connectivity index (χ4v) is 3.14. The zero-order valence-corrected chi connectivity index (χ0v) is 17.1. The molecule has 0 aliphatic rings. The molecule has 0 aliphatic carbocycles. The molecule has 0 unspecified atom stereocenters. The third-order valence-corrected chi connectivity index (χ3v) is 4.45. The molecule has 0 spiro atoms. The van der Waals surface area contributed by atoms with E-state index in [0.29, 0.717) is 5.39 Å². The Labute approximate surface area is 180 Å². The molecule has 6 N–H and O–H groups in total. The van der Waals surface area contributed by atoms with Crippen molar-refractivity contribution in [2.45, 2.75) is 4.90 Å². The molecular formula is C16H14ClCrN2O8S. The Kier molecular flexibility index (Phi) is 11.0.